The van der Waals surface area contributed by atoms with Gasteiger partial charge in [-0.2, -0.15) is 9.57 Å². The third-order valence-corrected chi connectivity index (χ3v) is 10.7. The molecule has 6 rings (SSSR count). The van der Waals surface area contributed by atoms with E-state index in [4.69, 9.17) is 28.4 Å². The number of aliphatic hydroxyl groups excluding tert-OH is 1. The molecule has 3 heterocycles. The molecule has 3 aromatic rings. The van der Waals surface area contributed by atoms with Gasteiger partial charge in [-0.05, 0) is 54.7 Å². The molecular formula is C36H41N3O10S. The average Bonchev–Trinajstić information content (AvgIpc) is 3.86. The smallest absolute Gasteiger partial charge is 0.407 e. The predicted molar refractivity (Wildman–Crippen MR) is 179 cm³/mol. The number of amides is 1. The molecule has 3 aromatic carbocycles. The molecule has 0 aliphatic carbocycles. The molecule has 0 saturated carbocycles. The van der Waals surface area contributed by atoms with Crippen LogP contribution in [0.1, 0.15) is 37.0 Å². The monoisotopic (exact) mass is 707 g/mol. The third kappa shape index (κ3) is 8.31. The molecule has 13 nitrogen and oxygen atoms in total. The second-order valence-corrected chi connectivity index (χ2v) is 14.9. The minimum absolute atomic E-state index is 0.000368. The number of hydrogen-bond donors (Lipinski definition) is 2. The van der Waals surface area contributed by atoms with E-state index in [2.05, 4.69) is 11.4 Å². The molecule has 0 bridgehead atoms. The van der Waals surface area contributed by atoms with Crippen LogP contribution in [0.2, 0.25) is 0 Å². The average molecular weight is 708 g/mol. The van der Waals surface area contributed by atoms with Gasteiger partial charge < -0.3 is 38.8 Å². The van der Waals surface area contributed by atoms with Crippen molar-refractivity contribution in [2.75, 3.05) is 33.1 Å². The van der Waals surface area contributed by atoms with Gasteiger partial charge in [-0.3, -0.25) is 0 Å². The van der Waals surface area contributed by atoms with Crippen molar-refractivity contribution < 1.29 is 46.7 Å². The van der Waals surface area contributed by atoms with Gasteiger partial charge in [0, 0.05) is 24.7 Å². The number of benzene rings is 3. The SMILES string of the molecule is CC(C)CN(C[C@@H](O)[C@H](Cc1ccc(OCc2ccccc2C#N)cc1)NC(=O)OC1COC2OCCC12)S(=O)(=O)c1ccc2c(c1)OCO2. The first kappa shape index (κ1) is 35.4. The number of sulfonamides is 1. The molecule has 14 heteroatoms. The largest absolute Gasteiger partial charge is 0.489 e. The van der Waals surface area contributed by atoms with Crippen molar-refractivity contribution in [3.63, 3.8) is 0 Å². The maximum atomic E-state index is 13.9. The lowest BCUT2D eigenvalue weighted by Crippen LogP contribution is -2.51. The van der Waals surface area contributed by atoms with Gasteiger partial charge in [0.1, 0.15) is 18.5 Å². The number of aliphatic hydroxyl groups is 1. The number of rotatable bonds is 14. The van der Waals surface area contributed by atoms with Crippen LogP contribution in [0.15, 0.2) is 71.6 Å². The second kappa shape index (κ2) is 15.7. The molecule has 3 aliphatic rings. The molecule has 2 saturated heterocycles. The van der Waals surface area contributed by atoms with Crippen molar-refractivity contribution in [2.24, 2.45) is 11.8 Å². The molecule has 0 aromatic heterocycles. The zero-order valence-corrected chi connectivity index (χ0v) is 28.7. The Balaban J connectivity index is 1.18. The number of carbonyl (C=O) groups excluding carboxylic acids is 1. The van der Waals surface area contributed by atoms with E-state index in [-0.39, 0.29) is 56.2 Å². The fourth-order valence-electron chi connectivity index (χ4n) is 6.25. The summed E-state index contributed by atoms with van der Waals surface area (Å²) in [6.07, 6.45) is -2.14. The van der Waals surface area contributed by atoms with Crippen LogP contribution in [0.5, 0.6) is 17.2 Å². The lowest BCUT2D eigenvalue weighted by atomic mass is 10.0. The first-order valence-corrected chi connectivity index (χ1v) is 18.0. The minimum Gasteiger partial charge on any atom is -0.489 e. The fraction of sp³-hybridized carbons (Fsp3) is 0.444. The zero-order valence-electron chi connectivity index (χ0n) is 27.9. The molecule has 0 spiro atoms. The van der Waals surface area contributed by atoms with Crippen molar-refractivity contribution in [2.45, 2.75) is 62.7 Å². The summed E-state index contributed by atoms with van der Waals surface area (Å²) >= 11 is 0. The first-order valence-electron chi connectivity index (χ1n) is 16.6. The highest BCUT2D eigenvalue weighted by atomic mass is 32.2. The Morgan fingerprint density at radius 2 is 1.84 bits per heavy atom. The molecule has 50 heavy (non-hydrogen) atoms. The van der Waals surface area contributed by atoms with Crippen LogP contribution in [0.3, 0.4) is 0 Å². The van der Waals surface area contributed by atoms with E-state index in [1.54, 1.807) is 42.5 Å². The van der Waals surface area contributed by atoms with Crippen LogP contribution in [-0.2, 0) is 37.3 Å². The van der Waals surface area contributed by atoms with Gasteiger partial charge in [-0.25, -0.2) is 13.2 Å². The van der Waals surface area contributed by atoms with E-state index < -0.39 is 40.7 Å². The quantitative estimate of drug-likeness (QED) is 0.249. The Kier molecular flexibility index (Phi) is 11.1. The summed E-state index contributed by atoms with van der Waals surface area (Å²) in [5.41, 5.74) is 2.04. The van der Waals surface area contributed by atoms with Gasteiger partial charge in [0.25, 0.3) is 0 Å². The van der Waals surface area contributed by atoms with Crippen molar-refractivity contribution in [1.82, 2.24) is 9.62 Å². The lowest BCUT2D eigenvalue weighted by Gasteiger charge is -2.31. The van der Waals surface area contributed by atoms with Gasteiger partial charge >= 0.3 is 6.09 Å². The number of carbonyl (C=O) groups is 1. The van der Waals surface area contributed by atoms with Gasteiger partial charge in [0.15, 0.2) is 17.8 Å². The summed E-state index contributed by atoms with van der Waals surface area (Å²) in [4.78, 5) is 13.3. The highest BCUT2D eigenvalue weighted by Gasteiger charge is 2.44. The summed E-state index contributed by atoms with van der Waals surface area (Å²) < 4.78 is 62.6. The molecule has 2 N–H and O–H groups in total. The molecule has 3 aliphatic heterocycles. The van der Waals surface area contributed by atoms with Crippen molar-refractivity contribution >= 4 is 16.1 Å². The molecule has 2 fully saturated rings. The van der Waals surface area contributed by atoms with Crippen LogP contribution >= 0.6 is 0 Å². The summed E-state index contributed by atoms with van der Waals surface area (Å²) in [6, 6.07) is 20.0. The van der Waals surface area contributed by atoms with Gasteiger partial charge in [0.2, 0.25) is 16.8 Å². The molecule has 5 atom stereocenters. The molecule has 3 unspecified atom stereocenters. The molecule has 1 amide bonds. The standard InChI is InChI=1S/C36H41N3O10S/c1-23(2)18-39(50(42,43)28-11-12-32-33(16-28)48-22-47-32)19-31(40)30(38-36(41)49-34-21-46-35-29(34)13-14-44-35)15-24-7-9-27(10-8-24)45-20-26-6-4-3-5-25(26)17-37/h3-12,16,23,29-31,34-35,40H,13-15,18-22H2,1-2H3,(H,38,41)/t29?,30-,31+,34?,35?/m0/s1. The summed E-state index contributed by atoms with van der Waals surface area (Å²) in [5.74, 6) is 1.20. The Bertz CT molecular complexity index is 1800. The number of nitriles is 1. The highest BCUT2D eigenvalue weighted by Crippen LogP contribution is 2.35. The van der Waals surface area contributed by atoms with Crippen LogP contribution in [-0.4, -0.2) is 81.6 Å². The number of hydrogen-bond acceptors (Lipinski definition) is 11. The molecule has 0 radical (unpaired) electrons. The number of ether oxygens (including phenoxy) is 6. The van der Waals surface area contributed by atoms with Crippen LogP contribution in [0.25, 0.3) is 0 Å². The van der Waals surface area contributed by atoms with Crippen LogP contribution in [0.4, 0.5) is 4.79 Å². The predicted octanol–water partition coefficient (Wildman–Crippen LogP) is 3.97. The van der Waals surface area contributed by atoms with Crippen LogP contribution < -0.4 is 19.5 Å². The lowest BCUT2D eigenvalue weighted by molar-refractivity contribution is -0.0907. The number of fused-ring (bicyclic) bond motifs is 2. The summed E-state index contributed by atoms with van der Waals surface area (Å²) in [5, 5.41) is 23.9. The Morgan fingerprint density at radius 1 is 1.06 bits per heavy atom. The van der Waals surface area contributed by atoms with Crippen LogP contribution in [0, 0.1) is 23.2 Å². The van der Waals surface area contributed by atoms with Gasteiger partial charge in [-0.15, -0.1) is 0 Å². The van der Waals surface area contributed by atoms with E-state index in [0.29, 0.717) is 35.8 Å². The number of nitrogens with zero attached hydrogens (tertiary/aromatic N) is 2. The van der Waals surface area contributed by atoms with Gasteiger partial charge in [-0.1, -0.05) is 44.2 Å². The Morgan fingerprint density at radius 3 is 2.62 bits per heavy atom. The van der Waals surface area contributed by atoms with Crippen molar-refractivity contribution in [1.29, 1.82) is 5.26 Å². The second-order valence-electron chi connectivity index (χ2n) is 12.9. The zero-order chi connectivity index (χ0) is 35.3. The summed E-state index contributed by atoms with van der Waals surface area (Å²) in [6.45, 7) is 4.51. The molecular weight excluding hydrogens is 666 g/mol. The highest BCUT2D eigenvalue weighted by molar-refractivity contribution is 7.89. The van der Waals surface area contributed by atoms with Crippen molar-refractivity contribution in [3.8, 4) is 23.3 Å². The van der Waals surface area contributed by atoms with E-state index in [9.17, 15) is 23.6 Å². The van der Waals surface area contributed by atoms with E-state index >= 15 is 0 Å². The third-order valence-electron chi connectivity index (χ3n) is 8.86. The van der Waals surface area contributed by atoms with E-state index in [1.165, 1.54) is 16.4 Å². The maximum absolute atomic E-state index is 13.9. The summed E-state index contributed by atoms with van der Waals surface area (Å²) in [7, 11) is -4.09. The van der Waals surface area contributed by atoms with Gasteiger partial charge in [0.05, 0.1) is 47.8 Å². The Hall–Kier alpha value is -4.39. The number of alkyl carbamates (subject to hydrolysis) is 1. The maximum Gasteiger partial charge on any atom is 0.407 e. The normalized spacial score (nSPS) is 20.7. The van der Waals surface area contributed by atoms with Crippen molar-refractivity contribution in [3.05, 3.63) is 83.4 Å². The molecule has 266 valence electrons. The number of nitrogens with one attached hydrogen (secondary N) is 1. The minimum atomic E-state index is -4.09. The Labute approximate surface area is 291 Å². The first-order chi connectivity index (χ1) is 24.1. The van der Waals surface area contributed by atoms with E-state index in [0.717, 1.165) is 11.1 Å². The topological polar surface area (TPSA) is 166 Å². The fourth-order valence-corrected chi connectivity index (χ4v) is 7.88. The van der Waals surface area contributed by atoms with E-state index in [1.807, 2.05) is 26.0 Å².